The van der Waals surface area contributed by atoms with Gasteiger partial charge in [0.15, 0.2) is 0 Å². The maximum Gasteiger partial charge on any atom is 0.0208 e. The van der Waals surface area contributed by atoms with Crippen molar-refractivity contribution < 1.29 is 0 Å². The smallest absolute Gasteiger partial charge is 0.0208 e. The molecule has 19 heavy (non-hydrogen) atoms. The topological polar surface area (TPSA) is 15.3 Å². The minimum atomic E-state index is 0.658. The van der Waals surface area contributed by atoms with Crippen LogP contribution in [0.5, 0.6) is 0 Å². The zero-order chi connectivity index (χ0) is 13.7. The molecule has 2 nitrogen and oxygen atoms in total. The first-order chi connectivity index (χ1) is 9.16. The Labute approximate surface area is 118 Å². The molecule has 1 unspecified atom stereocenters. The van der Waals surface area contributed by atoms with Crippen LogP contribution in [0.2, 0.25) is 0 Å². The number of hydrogen-bond acceptors (Lipinski definition) is 2. The summed E-state index contributed by atoms with van der Waals surface area (Å²) < 4.78 is 0. The second-order valence-electron chi connectivity index (χ2n) is 6.01. The number of rotatable bonds is 5. The van der Waals surface area contributed by atoms with Gasteiger partial charge in [0, 0.05) is 19.1 Å². The maximum atomic E-state index is 3.62. The number of hydrogen-bond donors (Lipinski definition) is 1. The van der Waals surface area contributed by atoms with E-state index in [-0.39, 0.29) is 0 Å². The lowest BCUT2D eigenvalue weighted by Crippen LogP contribution is -2.43. The highest BCUT2D eigenvalue weighted by molar-refractivity contribution is 5.30. The van der Waals surface area contributed by atoms with Gasteiger partial charge in [-0.15, -0.1) is 0 Å². The van der Waals surface area contributed by atoms with Crippen LogP contribution < -0.4 is 5.32 Å². The number of aryl methyl sites for hydroxylation is 2. The summed E-state index contributed by atoms with van der Waals surface area (Å²) in [5.74, 6) is 0. The number of nitrogens with zero attached hydrogens (tertiary/aromatic N) is 1. The van der Waals surface area contributed by atoms with Gasteiger partial charge in [-0.25, -0.2) is 0 Å². The predicted octanol–water partition coefficient (Wildman–Crippen LogP) is 3.27. The van der Waals surface area contributed by atoms with E-state index in [4.69, 9.17) is 0 Å². The van der Waals surface area contributed by atoms with E-state index in [9.17, 15) is 0 Å². The van der Waals surface area contributed by atoms with Crippen molar-refractivity contribution in [1.82, 2.24) is 10.2 Å². The van der Waals surface area contributed by atoms with Crippen molar-refractivity contribution in [3.8, 4) is 0 Å². The Morgan fingerprint density at radius 2 is 1.89 bits per heavy atom. The van der Waals surface area contributed by atoms with Crippen molar-refractivity contribution in [3.05, 3.63) is 34.9 Å². The van der Waals surface area contributed by atoms with Crippen LogP contribution in [0.15, 0.2) is 18.2 Å². The van der Waals surface area contributed by atoms with Crippen LogP contribution in [-0.4, -0.2) is 30.6 Å². The van der Waals surface area contributed by atoms with E-state index >= 15 is 0 Å². The predicted molar refractivity (Wildman–Crippen MR) is 82.5 cm³/mol. The van der Waals surface area contributed by atoms with E-state index in [1.54, 1.807) is 0 Å². The maximum absolute atomic E-state index is 3.62. The van der Waals surface area contributed by atoms with Gasteiger partial charge in [-0.3, -0.25) is 4.90 Å². The molecule has 0 bridgehead atoms. The summed E-state index contributed by atoms with van der Waals surface area (Å²) in [6.45, 7) is 11.4. The first-order valence-corrected chi connectivity index (χ1v) is 7.67. The summed E-state index contributed by atoms with van der Waals surface area (Å²) >= 11 is 0. The van der Waals surface area contributed by atoms with Gasteiger partial charge in [-0.2, -0.15) is 0 Å². The lowest BCUT2D eigenvalue weighted by molar-refractivity contribution is 0.170. The van der Waals surface area contributed by atoms with E-state index < -0.39 is 0 Å². The average Bonchev–Trinajstić information content (AvgIpc) is 2.42. The van der Waals surface area contributed by atoms with Crippen molar-refractivity contribution >= 4 is 0 Å². The second-order valence-corrected chi connectivity index (χ2v) is 6.01. The number of nitrogens with one attached hydrogen (secondary N) is 1. The minimum Gasteiger partial charge on any atom is -0.311 e. The van der Waals surface area contributed by atoms with Gasteiger partial charge in [-0.05, 0) is 57.8 Å². The zero-order valence-electron chi connectivity index (χ0n) is 12.7. The molecule has 1 aliphatic rings. The van der Waals surface area contributed by atoms with Crippen LogP contribution in [-0.2, 0) is 6.54 Å². The summed E-state index contributed by atoms with van der Waals surface area (Å²) in [5, 5.41) is 3.62. The van der Waals surface area contributed by atoms with Gasteiger partial charge >= 0.3 is 0 Å². The summed E-state index contributed by atoms with van der Waals surface area (Å²) in [5.41, 5.74) is 4.18. The summed E-state index contributed by atoms with van der Waals surface area (Å²) in [7, 11) is 0. The highest BCUT2D eigenvalue weighted by Gasteiger charge is 2.15. The fraction of sp³-hybridized carbons (Fsp3) is 0.647. The van der Waals surface area contributed by atoms with E-state index in [2.05, 4.69) is 49.2 Å². The molecule has 1 saturated heterocycles. The summed E-state index contributed by atoms with van der Waals surface area (Å²) in [4.78, 5) is 2.62. The number of benzene rings is 1. The van der Waals surface area contributed by atoms with Gasteiger partial charge in [0.25, 0.3) is 0 Å². The van der Waals surface area contributed by atoms with Crippen LogP contribution >= 0.6 is 0 Å². The monoisotopic (exact) mass is 260 g/mol. The van der Waals surface area contributed by atoms with Gasteiger partial charge in [0.1, 0.15) is 0 Å². The van der Waals surface area contributed by atoms with E-state index in [0.717, 1.165) is 13.1 Å². The van der Waals surface area contributed by atoms with E-state index in [1.165, 1.54) is 49.0 Å². The molecule has 1 aromatic carbocycles. The molecule has 1 fully saturated rings. The first kappa shape index (κ1) is 14.5. The molecule has 106 valence electrons. The van der Waals surface area contributed by atoms with Crippen LogP contribution in [0.4, 0.5) is 0 Å². The van der Waals surface area contributed by atoms with Crippen molar-refractivity contribution in [3.63, 3.8) is 0 Å². The average molecular weight is 260 g/mol. The molecule has 0 aromatic heterocycles. The van der Waals surface area contributed by atoms with Crippen molar-refractivity contribution in [2.75, 3.05) is 19.6 Å². The SMILES string of the molecule is Cc1ccc(CNCC(C)N2CCCCC2)c(C)c1. The first-order valence-electron chi connectivity index (χ1n) is 7.67. The van der Waals surface area contributed by atoms with E-state index in [0.29, 0.717) is 6.04 Å². The van der Waals surface area contributed by atoms with Gasteiger partial charge in [-0.1, -0.05) is 30.2 Å². The molecule has 0 saturated carbocycles. The Hall–Kier alpha value is -0.860. The highest BCUT2D eigenvalue weighted by atomic mass is 15.2. The fourth-order valence-electron chi connectivity index (χ4n) is 2.95. The van der Waals surface area contributed by atoms with E-state index in [1.807, 2.05) is 0 Å². The quantitative estimate of drug-likeness (QED) is 0.874. The Morgan fingerprint density at radius 1 is 1.16 bits per heavy atom. The van der Waals surface area contributed by atoms with Crippen LogP contribution in [0.1, 0.15) is 42.9 Å². The summed E-state index contributed by atoms with van der Waals surface area (Å²) in [6, 6.07) is 7.39. The van der Waals surface area contributed by atoms with Gasteiger partial charge in [0.05, 0.1) is 0 Å². The third-order valence-electron chi connectivity index (χ3n) is 4.27. The number of piperidine rings is 1. The van der Waals surface area contributed by atoms with Crippen LogP contribution in [0.3, 0.4) is 0 Å². The lowest BCUT2D eigenvalue weighted by Gasteiger charge is -2.32. The zero-order valence-corrected chi connectivity index (χ0v) is 12.7. The molecule has 1 N–H and O–H groups in total. The van der Waals surface area contributed by atoms with Gasteiger partial charge < -0.3 is 5.32 Å². The Morgan fingerprint density at radius 3 is 2.58 bits per heavy atom. The standard InChI is InChI=1S/C17H28N2/c1-14-7-8-17(15(2)11-14)13-18-12-16(3)19-9-5-4-6-10-19/h7-8,11,16,18H,4-6,9-10,12-13H2,1-3H3. The third kappa shape index (κ3) is 4.32. The Bertz CT molecular complexity index is 394. The second kappa shape index (κ2) is 7.06. The van der Waals surface area contributed by atoms with Crippen molar-refractivity contribution in [2.24, 2.45) is 0 Å². The molecule has 0 aliphatic carbocycles. The molecule has 1 aliphatic heterocycles. The molecule has 0 spiro atoms. The third-order valence-corrected chi connectivity index (χ3v) is 4.27. The van der Waals surface area contributed by atoms with Crippen molar-refractivity contribution in [2.45, 2.75) is 52.6 Å². The number of likely N-dealkylation sites (tertiary alicyclic amines) is 1. The molecular formula is C17H28N2. The van der Waals surface area contributed by atoms with Gasteiger partial charge in [0.2, 0.25) is 0 Å². The van der Waals surface area contributed by atoms with Crippen LogP contribution in [0, 0.1) is 13.8 Å². The molecule has 1 atom stereocenters. The minimum absolute atomic E-state index is 0.658. The molecule has 0 amide bonds. The molecule has 1 heterocycles. The Balaban J connectivity index is 1.76. The largest absolute Gasteiger partial charge is 0.311 e. The Kier molecular flexibility index (Phi) is 5.41. The highest BCUT2D eigenvalue weighted by Crippen LogP contribution is 2.12. The fourth-order valence-corrected chi connectivity index (χ4v) is 2.95. The summed E-state index contributed by atoms with van der Waals surface area (Å²) in [6.07, 6.45) is 4.17. The lowest BCUT2D eigenvalue weighted by atomic mass is 10.1. The molecule has 0 radical (unpaired) electrons. The molecule has 2 rings (SSSR count). The molecule has 1 aromatic rings. The van der Waals surface area contributed by atoms with Crippen LogP contribution in [0.25, 0.3) is 0 Å². The van der Waals surface area contributed by atoms with Crippen molar-refractivity contribution in [1.29, 1.82) is 0 Å². The normalized spacial score (nSPS) is 18.5. The molecule has 2 heteroatoms. The molecular weight excluding hydrogens is 232 g/mol.